The molecule has 2 aromatic carbocycles. The van der Waals surface area contributed by atoms with Crippen molar-refractivity contribution in [3.05, 3.63) is 76.5 Å². The maximum Gasteiger partial charge on any atom is 0.338 e. The molecule has 2 aliphatic heterocycles. The molecule has 0 fully saturated rings. The summed E-state index contributed by atoms with van der Waals surface area (Å²) < 4.78 is 5.15. The van der Waals surface area contributed by atoms with Crippen molar-refractivity contribution in [1.82, 2.24) is 10.2 Å². The summed E-state index contributed by atoms with van der Waals surface area (Å²) in [5, 5.41) is 6.05. The summed E-state index contributed by atoms with van der Waals surface area (Å²) in [7, 11) is 0. The molecule has 2 heterocycles. The van der Waals surface area contributed by atoms with Crippen molar-refractivity contribution in [2.45, 2.75) is 6.04 Å². The third kappa shape index (κ3) is 3.44. The van der Waals surface area contributed by atoms with Crippen molar-refractivity contribution in [2.75, 3.05) is 18.5 Å². The third-order valence-electron chi connectivity index (χ3n) is 4.56. The van der Waals surface area contributed by atoms with Gasteiger partial charge in [-0.15, -0.1) is 0 Å². The van der Waals surface area contributed by atoms with E-state index >= 15 is 0 Å². The molecule has 28 heavy (non-hydrogen) atoms. The Morgan fingerprint density at radius 2 is 1.86 bits per heavy atom. The average Bonchev–Trinajstić information content (AvgIpc) is 3.07. The summed E-state index contributed by atoms with van der Waals surface area (Å²) >= 11 is 5.92. The number of halogens is 1. The molecule has 0 aliphatic carbocycles. The number of urea groups is 1. The van der Waals surface area contributed by atoms with Crippen LogP contribution in [0.25, 0.3) is 0 Å². The number of hydrogen-bond donors (Lipinski definition) is 2. The van der Waals surface area contributed by atoms with Gasteiger partial charge in [-0.2, -0.15) is 0 Å². The van der Waals surface area contributed by atoms with Crippen LogP contribution in [0.3, 0.4) is 0 Å². The first-order valence-corrected chi connectivity index (χ1v) is 8.99. The average molecular weight is 398 g/mol. The molecular formula is C20H16ClN3O4. The third-order valence-corrected chi connectivity index (χ3v) is 4.81. The second kappa shape index (κ2) is 7.36. The minimum Gasteiger partial charge on any atom is -0.456 e. The Morgan fingerprint density at radius 1 is 1.14 bits per heavy atom. The van der Waals surface area contributed by atoms with Crippen molar-refractivity contribution in [1.29, 1.82) is 0 Å². The largest absolute Gasteiger partial charge is 0.456 e. The van der Waals surface area contributed by atoms with Crippen LogP contribution in [0.4, 0.5) is 10.5 Å². The van der Waals surface area contributed by atoms with Crippen LogP contribution in [0.1, 0.15) is 11.6 Å². The van der Waals surface area contributed by atoms with Crippen molar-refractivity contribution >= 4 is 35.2 Å². The van der Waals surface area contributed by atoms with Crippen LogP contribution in [0.5, 0.6) is 0 Å². The van der Waals surface area contributed by atoms with Crippen molar-refractivity contribution in [3.8, 4) is 0 Å². The highest BCUT2D eigenvalue weighted by Crippen LogP contribution is 2.35. The molecule has 7 nitrogen and oxygen atoms in total. The quantitative estimate of drug-likeness (QED) is 0.776. The van der Waals surface area contributed by atoms with E-state index < -0.39 is 18.0 Å². The number of nitrogens with zero attached hydrogens (tertiary/aromatic N) is 1. The first kappa shape index (κ1) is 18.1. The van der Waals surface area contributed by atoms with E-state index in [1.807, 2.05) is 6.07 Å². The molecule has 0 unspecified atom stereocenters. The predicted molar refractivity (Wildman–Crippen MR) is 102 cm³/mol. The lowest BCUT2D eigenvalue weighted by Gasteiger charge is -2.32. The fourth-order valence-electron chi connectivity index (χ4n) is 3.25. The summed E-state index contributed by atoms with van der Waals surface area (Å²) in [4.78, 5) is 38.6. The molecule has 2 aliphatic rings. The zero-order chi connectivity index (χ0) is 19.7. The zero-order valence-corrected chi connectivity index (χ0v) is 15.4. The summed E-state index contributed by atoms with van der Waals surface area (Å²) in [5.41, 5.74) is 2.06. The molecule has 0 aromatic heterocycles. The van der Waals surface area contributed by atoms with Crippen LogP contribution < -0.4 is 10.6 Å². The molecule has 0 bridgehead atoms. The number of carbonyl (C=O) groups is 3. The van der Waals surface area contributed by atoms with Crippen LogP contribution in [0, 0.1) is 0 Å². The normalized spacial score (nSPS) is 18.5. The summed E-state index contributed by atoms with van der Waals surface area (Å²) in [6.07, 6.45) is 0. The first-order valence-electron chi connectivity index (χ1n) is 8.61. The van der Waals surface area contributed by atoms with Crippen LogP contribution >= 0.6 is 11.6 Å². The molecule has 2 N–H and O–H groups in total. The van der Waals surface area contributed by atoms with Crippen molar-refractivity contribution < 1.29 is 19.1 Å². The zero-order valence-electron chi connectivity index (χ0n) is 14.6. The van der Waals surface area contributed by atoms with E-state index in [2.05, 4.69) is 10.6 Å². The SMILES string of the molecule is O=C(CN1C(=O)N[C@H](c2ccc(Cl)cc2)C2=C1COC2=O)Nc1ccccc1. The number of anilines is 1. The lowest BCUT2D eigenvalue weighted by atomic mass is 9.96. The Bertz CT molecular complexity index is 973. The second-order valence-electron chi connectivity index (χ2n) is 6.37. The van der Waals surface area contributed by atoms with Crippen LogP contribution in [0.2, 0.25) is 5.02 Å². The Morgan fingerprint density at radius 3 is 2.57 bits per heavy atom. The number of para-hydroxylation sites is 1. The highest BCUT2D eigenvalue weighted by atomic mass is 35.5. The molecule has 0 saturated carbocycles. The molecule has 0 radical (unpaired) electrons. The van der Waals surface area contributed by atoms with Gasteiger partial charge < -0.3 is 15.4 Å². The van der Waals surface area contributed by atoms with Gasteiger partial charge in [-0.3, -0.25) is 9.69 Å². The number of hydrogen-bond acceptors (Lipinski definition) is 4. The van der Waals surface area contributed by atoms with Crippen LogP contribution in [-0.4, -0.2) is 36.0 Å². The topological polar surface area (TPSA) is 87.7 Å². The molecule has 2 aromatic rings. The van der Waals surface area contributed by atoms with Crippen LogP contribution in [-0.2, 0) is 14.3 Å². The standard InChI is InChI=1S/C20H16ClN3O4/c21-13-8-6-12(7-9-13)18-17-15(11-28-19(17)26)24(20(27)23-18)10-16(25)22-14-4-2-1-3-5-14/h1-9,18H,10-11H2,(H,22,25)(H,23,27)/t18-/m1/s1. The van der Waals surface area contributed by atoms with E-state index in [9.17, 15) is 14.4 Å². The van der Waals surface area contributed by atoms with E-state index in [4.69, 9.17) is 16.3 Å². The smallest absolute Gasteiger partial charge is 0.338 e. The number of rotatable bonds is 4. The predicted octanol–water partition coefficient (Wildman–Crippen LogP) is 2.86. The second-order valence-corrected chi connectivity index (χ2v) is 6.81. The van der Waals surface area contributed by atoms with Crippen LogP contribution in [0.15, 0.2) is 65.9 Å². The molecule has 0 saturated heterocycles. The van der Waals surface area contributed by atoms with E-state index in [0.717, 1.165) is 0 Å². The lowest BCUT2D eigenvalue weighted by molar-refractivity contribution is -0.136. The molecule has 1 atom stereocenters. The first-order chi connectivity index (χ1) is 13.5. The van der Waals surface area contributed by atoms with Gasteiger partial charge >= 0.3 is 12.0 Å². The minimum absolute atomic E-state index is 0.0513. The number of esters is 1. The van der Waals surface area contributed by atoms with Gasteiger partial charge in [0, 0.05) is 10.7 Å². The van der Waals surface area contributed by atoms with Gasteiger partial charge in [-0.25, -0.2) is 9.59 Å². The highest BCUT2D eigenvalue weighted by molar-refractivity contribution is 6.30. The van der Waals surface area contributed by atoms with Gasteiger partial charge in [-0.1, -0.05) is 41.9 Å². The fourth-order valence-corrected chi connectivity index (χ4v) is 3.38. The number of ether oxygens (including phenoxy) is 1. The number of benzene rings is 2. The maximum absolute atomic E-state index is 12.7. The van der Waals surface area contributed by atoms with E-state index in [1.165, 1.54) is 4.90 Å². The molecule has 0 spiro atoms. The lowest BCUT2D eigenvalue weighted by Crippen LogP contribution is -2.49. The van der Waals surface area contributed by atoms with Crippen molar-refractivity contribution in [2.24, 2.45) is 0 Å². The van der Waals surface area contributed by atoms with Gasteiger partial charge in [0.2, 0.25) is 5.91 Å². The van der Waals surface area contributed by atoms with E-state index in [1.54, 1.807) is 48.5 Å². The number of carbonyl (C=O) groups excluding carboxylic acids is 3. The van der Waals surface area contributed by atoms with Gasteiger partial charge in [0.25, 0.3) is 0 Å². The van der Waals surface area contributed by atoms with E-state index in [-0.39, 0.29) is 19.1 Å². The summed E-state index contributed by atoms with van der Waals surface area (Å²) in [6.45, 7) is -0.284. The highest BCUT2D eigenvalue weighted by Gasteiger charge is 2.42. The molecule has 8 heteroatoms. The Hall–Kier alpha value is -3.32. The number of nitrogens with one attached hydrogen (secondary N) is 2. The molecular weight excluding hydrogens is 382 g/mol. The number of amides is 3. The summed E-state index contributed by atoms with van der Waals surface area (Å²) in [5.74, 6) is -0.888. The van der Waals surface area contributed by atoms with Gasteiger partial charge in [0.05, 0.1) is 17.3 Å². The molecule has 142 valence electrons. The maximum atomic E-state index is 12.7. The minimum atomic E-state index is -0.650. The number of cyclic esters (lactones) is 1. The Balaban J connectivity index is 1.60. The van der Waals surface area contributed by atoms with Gasteiger partial charge in [-0.05, 0) is 29.8 Å². The molecule has 3 amide bonds. The monoisotopic (exact) mass is 397 g/mol. The van der Waals surface area contributed by atoms with Crippen molar-refractivity contribution in [3.63, 3.8) is 0 Å². The Kier molecular flexibility index (Phi) is 4.75. The van der Waals surface area contributed by atoms with E-state index in [0.29, 0.717) is 27.5 Å². The van der Waals surface area contributed by atoms with Gasteiger partial charge in [0.1, 0.15) is 13.2 Å². The fraction of sp³-hybridized carbons (Fsp3) is 0.150. The Labute approximate surface area is 165 Å². The summed E-state index contributed by atoms with van der Waals surface area (Å²) in [6, 6.07) is 14.6. The van der Waals surface area contributed by atoms with Gasteiger partial charge in [0.15, 0.2) is 0 Å². The molecule has 4 rings (SSSR count).